The molecule has 3 rings (SSSR count). The normalized spacial score (nSPS) is 11.4. The lowest BCUT2D eigenvalue weighted by Gasteiger charge is -2.17. The Morgan fingerprint density at radius 3 is 2.61 bits per heavy atom. The van der Waals surface area contributed by atoms with Gasteiger partial charge in [-0.3, -0.25) is 14.2 Å². The third kappa shape index (κ3) is 5.08. The maximum atomic E-state index is 12.2. The van der Waals surface area contributed by atoms with Crippen LogP contribution in [0.3, 0.4) is 0 Å². The van der Waals surface area contributed by atoms with E-state index in [4.69, 9.17) is 21.4 Å². The summed E-state index contributed by atoms with van der Waals surface area (Å²) in [5.41, 5.74) is 0.600. The molecule has 0 saturated carbocycles. The molecule has 0 aliphatic carbocycles. The van der Waals surface area contributed by atoms with E-state index in [9.17, 15) is 9.59 Å². The number of rotatable bonds is 7. The smallest absolute Gasteiger partial charge is 0.308 e. The average Bonchev–Trinajstić information content (AvgIpc) is 2.92. The van der Waals surface area contributed by atoms with Gasteiger partial charge in [-0.05, 0) is 18.6 Å². The average molecular weight is 426 g/mol. The number of carboxylic acids is 1. The molecule has 28 heavy (non-hydrogen) atoms. The highest BCUT2D eigenvalue weighted by molar-refractivity contribution is 7.16. The van der Waals surface area contributed by atoms with Crippen molar-refractivity contribution in [1.82, 2.24) is 14.5 Å². The van der Waals surface area contributed by atoms with Crippen LogP contribution in [0.1, 0.15) is 46.5 Å². The predicted molar refractivity (Wildman–Crippen MR) is 113 cm³/mol. The van der Waals surface area contributed by atoms with Gasteiger partial charge in [-0.25, -0.2) is 9.97 Å². The van der Waals surface area contributed by atoms with Gasteiger partial charge in [0, 0.05) is 25.0 Å². The van der Waals surface area contributed by atoms with Crippen molar-refractivity contribution in [1.29, 1.82) is 0 Å². The largest absolute Gasteiger partial charge is 0.481 e. The van der Waals surface area contributed by atoms with Crippen molar-refractivity contribution in [3.8, 4) is 5.75 Å². The number of aryl methyl sites for hydroxylation is 1. The van der Waals surface area contributed by atoms with Gasteiger partial charge in [-0.1, -0.05) is 44.7 Å². The van der Waals surface area contributed by atoms with Crippen LogP contribution >= 0.6 is 22.9 Å². The Bertz CT molecular complexity index is 988. The Morgan fingerprint density at radius 1 is 1.32 bits per heavy atom. The number of benzene rings is 1. The van der Waals surface area contributed by atoms with E-state index in [0.717, 1.165) is 11.3 Å². The number of hydrogen-bond donors (Lipinski definition) is 1. The molecule has 0 bridgehead atoms. The van der Waals surface area contributed by atoms with Crippen molar-refractivity contribution in [2.45, 2.75) is 47.3 Å². The highest BCUT2D eigenvalue weighted by Crippen LogP contribution is 2.34. The lowest BCUT2D eigenvalue weighted by Crippen LogP contribution is -2.15. The Kier molecular flexibility index (Phi) is 8.59. The monoisotopic (exact) mass is 425 g/mol. The zero-order valence-corrected chi connectivity index (χ0v) is 15.5. The van der Waals surface area contributed by atoms with E-state index in [0.29, 0.717) is 33.2 Å². The zero-order chi connectivity index (χ0) is 18.7. The van der Waals surface area contributed by atoms with E-state index >= 15 is 0 Å². The van der Waals surface area contributed by atoms with Crippen molar-refractivity contribution in [3.63, 3.8) is 0 Å². The van der Waals surface area contributed by atoms with Crippen LogP contribution in [0.25, 0.3) is 10.2 Å². The van der Waals surface area contributed by atoms with Gasteiger partial charge in [-0.15, -0.1) is 0 Å². The molecular formula is C19H24ClN3O4S. The van der Waals surface area contributed by atoms with Crippen LogP contribution in [0.2, 0.25) is 5.02 Å². The van der Waals surface area contributed by atoms with Gasteiger partial charge in [0.05, 0.1) is 21.7 Å². The topological polar surface area (TPSA) is 94.3 Å². The molecule has 7 nitrogen and oxygen atoms in total. The third-order valence-electron chi connectivity index (χ3n) is 3.78. The molecule has 0 radical (unpaired) electrons. The van der Waals surface area contributed by atoms with Crippen molar-refractivity contribution >= 4 is 39.1 Å². The summed E-state index contributed by atoms with van der Waals surface area (Å²) in [6, 6.07) is 5.06. The fraction of sp³-hybridized carbons (Fsp3) is 0.368. The highest BCUT2D eigenvalue weighted by atomic mass is 35.5. The minimum Gasteiger partial charge on any atom is -0.481 e. The van der Waals surface area contributed by atoms with Crippen LogP contribution < -0.4 is 9.61 Å². The highest BCUT2D eigenvalue weighted by Gasteiger charge is 2.18. The first-order chi connectivity index (χ1) is 12.5. The summed E-state index contributed by atoms with van der Waals surface area (Å²) < 4.78 is 8.08. The van der Waals surface area contributed by atoms with Crippen molar-refractivity contribution in [2.24, 2.45) is 0 Å². The van der Waals surface area contributed by atoms with Crippen molar-refractivity contribution < 1.29 is 14.6 Å². The van der Waals surface area contributed by atoms with E-state index < -0.39 is 5.97 Å². The molecule has 9 heteroatoms. The van der Waals surface area contributed by atoms with Crippen molar-refractivity contribution in [2.75, 3.05) is 0 Å². The molecule has 0 fully saturated rings. The summed E-state index contributed by atoms with van der Waals surface area (Å²) in [4.78, 5) is 31.1. The SMILES string of the molecule is C.C.CC[C@@H](Oc1cc2sc(=O)n(CCC(=O)O)c2cc1Cl)c1ncccn1. The summed E-state index contributed by atoms with van der Waals surface area (Å²) in [5.74, 6) is 0.0273. The van der Waals surface area contributed by atoms with E-state index in [2.05, 4.69) is 9.97 Å². The number of fused-ring (bicyclic) bond motifs is 1. The molecule has 1 aromatic carbocycles. The summed E-state index contributed by atoms with van der Waals surface area (Å²) in [5, 5.41) is 9.18. The number of carbonyl (C=O) groups is 1. The van der Waals surface area contributed by atoms with Crippen molar-refractivity contribution in [3.05, 3.63) is 51.1 Å². The van der Waals surface area contributed by atoms with E-state index in [-0.39, 0.29) is 38.8 Å². The Morgan fingerprint density at radius 2 is 2.00 bits per heavy atom. The molecule has 3 aromatic rings. The van der Waals surface area contributed by atoms with Crippen LogP contribution in [0, 0.1) is 0 Å². The molecule has 152 valence electrons. The molecule has 1 atom stereocenters. The standard InChI is InChI=1S/C17H16ClN3O4S.2CH4/c1-2-12(16-19-5-3-6-20-16)25-13-9-14-11(8-10(13)18)21(17(24)26-14)7-4-15(22)23;;/h3,5-6,8-9,12H,2,4,7H2,1H3,(H,22,23);2*1H4/t12-;;/m1../s1. The first kappa shape index (κ1) is 23.6. The Hall–Kier alpha value is -2.45. The molecule has 0 aliphatic heterocycles. The van der Waals surface area contributed by atoms with Crippen LogP contribution in [-0.4, -0.2) is 25.6 Å². The molecule has 0 saturated heterocycles. The third-order valence-corrected chi connectivity index (χ3v) is 5.02. The van der Waals surface area contributed by atoms with Gasteiger partial charge < -0.3 is 9.84 Å². The number of aromatic nitrogens is 3. The molecule has 2 heterocycles. The van der Waals surface area contributed by atoms with Crippen LogP contribution in [0.5, 0.6) is 5.75 Å². The predicted octanol–water partition coefficient (Wildman–Crippen LogP) is 4.78. The number of thiazole rings is 1. The molecular weight excluding hydrogens is 402 g/mol. The number of hydrogen-bond acceptors (Lipinski definition) is 6. The number of aliphatic carboxylic acids is 1. The molecule has 2 aromatic heterocycles. The second-order valence-corrected chi connectivity index (χ2v) is 6.94. The van der Waals surface area contributed by atoms with Crippen LogP contribution in [0.4, 0.5) is 0 Å². The molecule has 0 aliphatic rings. The summed E-state index contributed by atoms with van der Waals surface area (Å²) in [7, 11) is 0. The Labute approximate surface area is 172 Å². The molecule has 0 amide bonds. The summed E-state index contributed by atoms with van der Waals surface area (Å²) in [6.07, 6.45) is 3.44. The summed E-state index contributed by atoms with van der Waals surface area (Å²) >= 11 is 7.37. The van der Waals surface area contributed by atoms with Gasteiger partial charge in [0.25, 0.3) is 0 Å². The quantitative estimate of drug-likeness (QED) is 0.585. The lowest BCUT2D eigenvalue weighted by atomic mass is 10.2. The minimum absolute atomic E-state index is 0. The number of carboxylic acid groups (broad SMARTS) is 1. The van der Waals surface area contributed by atoms with Gasteiger partial charge in [0.1, 0.15) is 5.75 Å². The van der Waals surface area contributed by atoms with Crippen LogP contribution in [0.15, 0.2) is 35.4 Å². The minimum atomic E-state index is -0.962. The van der Waals surface area contributed by atoms with Gasteiger partial charge in [0.2, 0.25) is 0 Å². The Balaban J connectivity index is 0.00000196. The van der Waals surface area contributed by atoms with Gasteiger partial charge in [0.15, 0.2) is 11.9 Å². The maximum absolute atomic E-state index is 12.2. The molecule has 0 unspecified atom stereocenters. The number of ether oxygens (including phenoxy) is 1. The fourth-order valence-corrected chi connectivity index (χ4v) is 3.65. The summed E-state index contributed by atoms with van der Waals surface area (Å²) in [6.45, 7) is 2.05. The van der Waals surface area contributed by atoms with E-state index in [1.165, 1.54) is 4.57 Å². The maximum Gasteiger partial charge on any atom is 0.308 e. The van der Waals surface area contributed by atoms with Crippen LogP contribution in [-0.2, 0) is 11.3 Å². The zero-order valence-electron chi connectivity index (χ0n) is 13.9. The molecule has 0 spiro atoms. The molecule has 1 N–H and O–H groups in total. The van der Waals surface area contributed by atoms with Gasteiger partial charge >= 0.3 is 10.8 Å². The second-order valence-electron chi connectivity index (χ2n) is 5.54. The van der Waals surface area contributed by atoms with Gasteiger partial charge in [-0.2, -0.15) is 0 Å². The van der Waals surface area contributed by atoms with E-state index in [1.54, 1.807) is 30.6 Å². The fourth-order valence-electron chi connectivity index (χ4n) is 2.52. The number of nitrogens with zero attached hydrogens (tertiary/aromatic N) is 3. The lowest BCUT2D eigenvalue weighted by molar-refractivity contribution is -0.137. The number of halogens is 1. The second kappa shape index (κ2) is 10.2. The van der Waals surface area contributed by atoms with E-state index in [1.807, 2.05) is 6.92 Å². The first-order valence-electron chi connectivity index (χ1n) is 7.97. The first-order valence-corrected chi connectivity index (χ1v) is 9.17.